The van der Waals surface area contributed by atoms with Crippen LogP contribution in [0.3, 0.4) is 0 Å². The van der Waals surface area contributed by atoms with Gasteiger partial charge in [0.15, 0.2) is 6.17 Å². The summed E-state index contributed by atoms with van der Waals surface area (Å²) in [5, 5.41) is 0. The van der Waals surface area contributed by atoms with E-state index in [9.17, 15) is 17.6 Å². The van der Waals surface area contributed by atoms with Gasteiger partial charge in [0.2, 0.25) is 0 Å². The third kappa shape index (κ3) is 1.05. The second kappa shape index (κ2) is 2.87. The molecule has 0 aromatic heterocycles. The molecule has 0 aliphatic heterocycles. The van der Waals surface area contributed by atoms with Crippen LogP contribution in [-0.2, 0) is 0 Å². The zero-order valence-electron chi connectivity index (χ0n) is 7.98. The van der Waals surface area contributed by atoms with Crippen molar-refractivity contribution in [1.82, 2.24) is 0 Å². The Hall–Kier alpha value is -1.32. The second-order valence-electron chi connectivity index (χ2n) is 3.88. The lowest BCUT2D eigenvalue weighted by atomic mass is 9.73. The Labute approximate surface area is 89.6 Å². The van der Waals surface area contributed by atoms with E-state index in [0.29, 0.717) is 0 Å². The van der Waals surface area contributed by atoms with Gasteiger partial charge in [-0.25, -0.2) is 17.6 Å². The van der Waals surface area contributed by atoms with E-state index in [1.807, 2.05) is 0 Å². The van der Waals surface area contributed by atoms with Crippen molar-refractivity contribution in [3.05, 3.63) is 59.1 Å². The summed E-state index contributed by atoms with van der Waals surface area (Å²) in [6, 6.07) is 5.82. The van der Waals surface area contributed by atoms with Crippen molar-refractivity contribution < 1.29 is 17.6 Å². The molecule has 1 aromatic rings. The Morgan fingerprint density at radius 3 is 2.19 bits per heavy atom. The molecule has 0 heterocycles. The highest BCUT2D eigenvalue weighted by atomic mass is 19.3. The van der Waals surface area contributed by atoms with Crippen LogP contribution in [0.15, 0.2) is 36.2 Å². The molecule has 1 aromatic carbocycles. The number of benzene rings is 1. The first-order valence-corrected chi connectivity index (χ1v) is 4.76. The van der Waals surface area contributed by atoms with E-state index >= 15 is 0 Å². The van der Waals surface area contributed by atoms with Crippen LogP contribution in [-0.4, -0.2) is 12.1 Å². The van der Waals surface area contributed by atoms with Gasteiger partial charge in [0, 0.05) is 0 Å². The molecule has 4 bridgehead atoms. The van der Waals surface area contributed by atoms with Crippen molar-refractivity contribution in [1.29, 1.82) is 0 Å². The molecule has 0 amide bonds. The molecule has 0 spiro atoms. The fourth-order valence-electron chi connectivity index (χ4n) is 2.13. The zero-order valence-corrected chi connectivity index (χ0v) is 7.98. The van der Waals surface area contributed by atoms with Gasteiger partial charge in [-0.1, -0.05) is 24.3 Å². The van der Waals surface area contributed by atoms with Gasteiger partial charge in [-0.05, 0) is 17.2 Å². The molecule has 0 N–H and O–H groups in total. The highest BCUT2D eigenvalue weighted by molar-refractivity contribution is 5.59. The van der Waals surface area contributed by atoms with Crippen LogP contribution in [0.5, 0.6) is 0 Å². The van der Waals surface area contributed by atoms with Gasteiger partial charge in [0.25, 0.3) is 5.92 Å². The summed E-state index contributed by atoms with van der Waals surface area (Å²) < 4.78 is 54.4. The van der Waals surface area contributed by atoms with E-state index < -0.39 is 29.8 Å². The SMILES string of the molecule is FC1=C[C]2c3ccc(cc3)[C]1C(F)C2(F)F. The Morgan fingerprint density at radius 2 is 1.56 bits per heavy atom. The second-order valence-corrected chi connectivity index (χ2v) is 3.88. The topological polar surface area (TPSA) is 0 Å². The van der Waals surface area contributed by atoms with E-state index in [1.54, 1.807) is 0 Å². The Morgan fingerprint density at radius 1 is 1.00 bits per heavy atom. The van der Waals surface area contributed by atoms with Crippen LogP contribution in [0.1, 0.15) is 11.1 Å². The first-order valence-electron chi connectivity index (χ1n) is 4.76. The molecule has 1 unspecified atom stereocenters. The third-order valence-electron chi connectivity index (χ3n) is 2.97. The number of halogens is 4. The van der Waals surface area contributed by atoms with Crippen LogP contribution < -0.4 is 0 Å². The molecule has 0 fully saturated rings. The number of hydrogen-bond acceptors (Lipinski definition) is 0. The van der Waals surface area contributed by atoms with Crippen molar-refractivity contribution in [3.63, 3.8) is 0 Å². The van der Waals surface area contributed by atoms with Gasteiger partial charge >= 0.3 is 0 Å². The molecule has 5 aliphatic carbocycles. The van der Waals surface area contributed by atoms with Crippen LogP contribution in [0.4, 0.5) is 17.6 Å². The van der Waals surface area contributed by atoms with Gasteiger partial charge in [-0.15, -0.1) is 0 Å². The Bertz CT molecular complexity index is 460. The molecule has 16 heavy (non-hydrogen) atoms. The average Bonchev–Trinajstić information content (AvgIpc) is 2.22. The van der Waals surface area contributed by atoms with Gasteiger partial charge < -0.3 is 0 Å². The van der Waals surface area contributed by atoms with Gasteiger partial charge in [-0.3, -0.25) is 0 Å². The summed E-state index contributed by atoms with van der Waals surface area (Å²) in [4.78, 5) is 0. The molecule has 1 atom stereocenters. The smallest absolute Gasteiger partial charge is 0.239 e. The van der Waals surface area contributed by atoms with Gasteiger partial charge in [0.05, 0.1) is 0 Å². The summed E-state index contributed by atoms with van der Waals surface area (Å²) in [6.45, 7) is 0. The lowest BCUT2D eigenvalue weighted by Gasteiger charge is -2.37. The molecule has 6 rings (SSSR count). The monoisotopic (exact) mass is 226 g/mol. The van der Waals surface area contributed by atoms with E-state index in [4.69, 9.17) is 0 Å². The lowest BCUT2D eigenvalue weighted by molar-refractivity contribution is -0.0461. The molecule has 5 aliphatic rings. The maximum Gasteiger partial charge on any atom is 0.294 e. The van der Waals surface area contributed by atoms with Gasteiger partial charge in [-0.2, -0.15) is 0 Å². The first-order chi connectivity index (χ1) is 7.51. The number of rotatable bonds is 0. The molecule has 4 heteroatoms. The van der Waals surface area contributed by atoms with E-state index in [0.717, 1.165) is 6.08 Å². The lowest BCUT2D eigenvalue weighted by Crippen LogP contribution is -2.45. The predicted molar refractivity (Wildman–Crippen MR) is 50.2 cm³/mol. The minimum atomic E-state index is -3.65. The summed E-state index contributed by atoms with van der Waals surface area (Å²) in [5.74, 6) is -5.71. The molecule has 0 saturated carbocycles. The zero-order chi connectivity index (χ0) is 11.5. The van der Waals surface area contributed by atoms with Crippen molar-refractivity contribution in [2.75, 3.05) is 0 Å². The quantitative estimate of drug-likeness (QED) is 0.595. The van der Waals surface area contributed by atoms with E-state index in [-0.39, 0.29) is 11.1 Å². The molecule has 0 saturated heterocycles. The summed E-state index contributed by atoms with van der Waals surface area (Å²) in [7, 11) is 0. The first kappa shape index (κ1) is 9.87. The normalized spacial score (nSPS) is 27.8. The van der Waals surface area contributed by atoms with Crippen LogP contribution in [0, 0.1) is 11.8 Å². The average molecular weight is 226 g/mol. The maximum atomic E-state index is 13.6. The Kier molecular flexibility index (Phi) is 1.77. The largest absolute Gasteiger partial charge is 0.294 e. The fraction of sp³-hybridized carbons (Fsp3) is 0.167. The number of hydrogen-bond donors (Lipinski definition) is 0. The molecular formula is C12H6F4. The molecule has 0 nitrogen and oxygen atoms in total. The van der Waals surface area contributed by atoms with Crippen LogP contribution in [0.25, 0.3) is 0 Å². The number of alkyl halides is 3. The summed E-state index contributed by atoms with van der Waals surface area (Å²) >= 11 is 0. The third-order valence-corrected chi connectivity index (χ3v) is 2.97. The van der Waals surface area contributed by atoms with Crippen molar-refractivity contribution in [3.8, 4) is 0 Å². The predicted octanol–water partition coefficient (Wildman–Crippen LogP) is 3.39. The standard InChI is InChI=1S/C12H6F4/c13-9-5-8-6-1-3-7(4-2-6)10(9)11(14)12(8,15)16/h1-5,11H. The van der Waals surface area contributed by atoms with E-state index in [2.05, 4.69) is 0 Å². The van der Waals surface area contributed by atoms with E-state index in [1.165, 1.54) is 24.3 Å². The highest BCUT2D eigenvalue weighted by Crippen LogP contribution is 2.51. The minimum Gasteiger partial charge on any atom is -0.239 e. The Balaban J connectivity index is 2.32. The summed E-state index contributed by atoms with van der Waals surface area (Å²) in [6.07, 6.45) is -1.87. The number of allylic oxidation sites excluding steroid dienone is 2. The van der Waals surface area contributed by atoms with Crippen molar-refractivity contribution >= 4 is 0 Å². The van der Waals surface area contributed by atoms with Crippen LogP contribution >= 0.6 is 0 Å². The van der Waals surface area contributed by atoms with Crippen molar-refractivity contribution in [2.24, 2.45) is 0 Å². The van der Waals surface area contributed by atoms with Gasteiger partial charge in [0.1, 0.15) is 17.7 Å². The molecule has 82 valence electrons. The molecular weight excluding hydrogens is 220 g/mol. The van der Waals surface area contributed by atoms with Crippen LogP contribution in [0.2, 0.25) is 0 Å². The van der Waals surface area contributed by atoms with Crippen molar-refractivity contribution in [2.45, 2.75) is 12.1 Å². The highest BCUT2D eigenvalue weighted by Gasteiger charge is 2.57. The summed E-state index contributed by atoms with van der Waals surface area (Å²) in [5.41, 5.74) is 0.328. The fourth-order valence-corrected chi connectivity index (χ4v) is 2.13. The molecule has 2 radical (unpaired) electrons. The maximum absolute atomic E-state index is 13.6. The minimum absolute atomic E-state index is 0.158.